The Kier molecular flexibility index (Phi) is 6.41. The van der Waals surface area contributed by atoms with Gasteiger partial charge in [-0.1, -0.05) is 35.9 Å². The average Bonchev–Trinajstić information content (AvgIpc) is 3.03. The zero-order valence-corrected chi connectivity index (χ0v) is 17.0. The third-order valence-corrected chi connectivity index (χ3v) is 5.72. The molecule has 0 saturated heterocycles. The molecular weight excluding hydrogens is 414 g/mol. The van der Waals surface area contributed by atoms with Gasteiger partial charge in [-0.2, -0.15) is 0 Å². The number of thiophene rings is 1. The summed E-state index contributed by atoms with van der Waals surface area (Å²) in [5.41, 5.74) is 3.37. The molecule has 6 nitrogen and oxygen atoms in total. The van der Waals surface area contributed by atoms with Gasteiger partial charge in [0, 0.05) is 27.7 Å². The molecule has 3 aromatic rings. The van der Waals surface area contributed by atoms with Crippen LogP contribution in [-0.4, -0.2) is 28.8 Å². The Bertz CT molecular complexity index is 1050. The molecule has 29 heavy (non-hydrogen) atoms. The van der Waals surface area contributed by atoms with Crippen molar-refractivity contribution in [3.05, 3.63) is 69.6 Å². The third kappa shape index (κ3) is 5.07. The second-order valence-electron chi connectivity index (χ2n) is 6.26. The summed E-state index contributed by atoms with van der Waals surface area (Å²) in [6.45, 7) is 1.74. The third-order valence-electron chi connectivity index (χ3n) is 4.16. The highest BCUT2D eigenvalue weighted by molar-refractivity contribution is 7.18. The molecule has 150 valence electrons. The Morgan fingerprint density at radius 1 is 1.14 bits per heavy atom. The first-order valence-electron chi connectivity index (χ1n) is 8.65. The molecule has 2 aromatic carbocycles. The molecule has 0 spiro atoms. The van der Waals surface area contributed by atoms with E-state index in [1.165, 1.54) is 0 Å². The van der Waals surface area contributed by atoms with Gasteiger partial charge in [0.05, 0.1) is 0 Å². The second-order valence-corrected chi connectivity index (χ2v) is 7.72. The second kappa shape index (κ2) is 8.98. The first-order chi connectivity index (χ1) is 13.8. The van der Waals surface area contributed by atoms with E-state index in [2.05, 4.69) is 5.32 Å². The summed E-state index contributed by atoms with van der Waals surface area (Å²) in [7, 11) is 0. The normalized spacial score (nSPS) is 10.6. The zero-order valence-electron chi connectivity index (χ0n) is 15.4. The first-order valence-corrected chi connectivity index (χ1v) is 9.84. The highest BCUT2D eigenvalue weighted by atomic mass is 35.5. The smallest absolute Gasteiger partial charge is 0.349 e. The fraction of sp³-hybridized carbons (Fsp3) is 0.143. The summed E-state index contributed by atoms with van der Waals surface area (Å²) in [5.74, 6) is -2.22. The number of aliphatic carboxylic acids is 1. The molecule has 0 saturated carbocycles. The minimum Gasteiger partial charge on any atom is -0.480 e. The maximum atomic E-state index is 11.6. The van der Waals surface area contributed by atoms with Crippen molar-refractivity contribution in [2.45, 2.75) is 13.5 Å². The SMILES string of the molecule is Cc1c(-c2cccc(NCc3ccc(Cl)cc3)c2)sc(C(=O)O)c1OCC(=O)O. The van der Waals surface area contributed by atoms with Gasteiger partial charge in [-0.15, -0.1) is 11.3 Å². The van der Waals surface area contributed by atoms with Crippen LogP contribution < -0.4 is 10.1 Å². The zero-order chi connectivity index (χ0) is 21.0. The van der Waals surface area contributed by atoms with Crippen molar-refractivity contribution < 1.29 is 24.5 Å². The van der Waals surface area contributed by atoms with Crippen LogP contribution in [0.5, 0.6) is 5.75 Å². The number of carboxylic acid groups (broad SMARTS) is 2. The van der Waals surface area contributed by atoms with Gasteiger partial charge in [0.2, 0.25) is 0 Å². The van der Waals surface area contributed by atoms with E-state index in [4.69, 9.17) is 21.4 Å². The van der Waals surface area contributed by atoms with Crippen LogP contribution in [0, 0.1) is 6.92 Å². The van der Waals surface area contributed by atoms with Crippen molar-refractivity contribution in [1.29, 1.82) is 0 Å². The lowest BCUT2D eigenvalue weighted by molar-refractivity contribution is -0.139. The van der Waals surface area contributed by atoms with Gasteiger partial charge in [-0.05, 0) is 42.3 Å². The average molecular weight is 432 g/mol. The topological polar surface area (TPSA) is 95.9 Å². The maximum Gasteiger partial charge on any atom is 0.349 e. The Morgan fingerprint density at radius 3 is 2.52 bits per heavy atom. The Morgan fingerprint density at radius 2 is 1.86 bits per heavy atom. The van der Waals surface area contributed by atoms with Gasteiger partial charge in [0.1, 0.15) is 5.75 Å². The van der Waals surface area contributed by atoms with E-state index in [1.807, 2.05) is 48.5 Å². The molecule has 0 fully saturated rings. The number of carbonyl (C=O) groups is 2. The summed E-state index contributed by atoms with van der Waals surface area (Å²) in [4.78, 5) is 23.1. The maximum absolute atomic E-state index is 11.6. The molecule has 1 heterocycles. The number of hydrogen-bond donors (Lipinski definition) is 3. The van der Waals surface area contributed by atoms with Crippen LogP contribution in [0.2, 0.25) is 5.02 Å². The fourth-order valence-corrected chi connectivity index (χ4v) is 4.01. The molecule has 0 atom stereocenters. The molecule has 3 N–H and O–H groups in total. The van der Waals surface area contributed by atoms with E-state index in [9.17, 15) is 14.7 Å². The highest BCUT2D eigenvalue weighted by Gasteiger charge is 2.23. The summed E-state index contributed by atoms with van der Waals surface area (Å²) < 4.78 is 5.24. The van der Waals surface area contributed by atoms with Gasteiger partial charge < -0.3 is 20.3 Å². The molecule has 0 aliphatic rings. The molecule has 0 amide bonds. The first kappa shape index (κ1) is 20.7. The quantitative estimate of drug-likeness (QED) is 0.456. The van der Waals surface area contributed by atoms with E-state index in [0.717, 1.165) is 33.0 Å². The van der Waals surface area contributed by atoms with Crippen LogP contribution in [0.3, 0.4) is 0 Å². The number of ether oxygens (including phenoxy) is 1. The summed E-state index contributed by atoms with van der Waals surface area (Å²) in [6, 6.07) is 15.1. The van der Waals surface area contributed by atoms with Gasteiger partial charge >= 0.3 is 11.9 Å². The number of hydrogen-bond acceptors (Lipinski definition) is 5. The molecule has 3 rings (SSSR count). The number of carboxylic acids is 2. The molecule has 8 heteroatoms. The molecule has 0 unspecified atom stereocenters. The number of aromatic carboxylic acids is 1. The fourth-order valence-electron chi connectivity index (χ4n) is 2.80. The predicted molar refractivity (Wildman–Crippen MR) is 113 cm³/mol. The number of halogens is 1. The molecule has 0 aliphatic carbocycles. The van der Waals surface area contributed by atoms with E-state index in [1.54, 1.807) is 6.92 Å². The lowest BCUT2D eigenvalue weighted by atomic mass is 10.1. The predicted octanol–water partition coefficient (Wildman–Crippen LogP) is 5.15. The van der Waals surface area contributed by atoms with Crippen LogP contribution in [0.1, 0.15) is 20.8 Å². The molecule has 0 aliphatic heterocycles. The standard InChI is InChI=1S/C21H18ClNO5S/c1-12-18(28-11-17(24)25)20(21(26)27)29-19(12)14-3-2-4-16(9-14)23-10-13-5-7-15(22)8-6-13/h2-9,23H,10-11H2,1H3,(H,24,25)(H,26,27). The van der Waals surface area contributed by atoms with Crippen molar-refractivity contribution in [1.82, 2.24) is 0 Å². The van der Waals surface area contributed by atoms with Crippen LogP contribution in [0.4, 0.5) is 5.69 Å². The summed E-state index contributed by atoms with van der Waals surface area (Å²) in [6.07, 6.45) is 0. The van der Waals surface area contributed by atoms with E-state index in [0.29, 0.717) is 17.1 Å². The molecule has 0 radical (unpaired) electrons. The van der Waals surface area contributed by atoms with E-state index >= 15 is 0 Å². The Labute approximate surface area is 176 Å². The lowest BCUT2D eigenvalue weighted by Crippen LogP contribution is -2.11. The van der Waals surface area contributed by atoms with Gasteiger partial charge in [-0.25, -0.2) is 9.59 Å². The highest BCUT2D eigenvalue weighted by Crippen LogP contribution is 2.42. The van der Waals surface area contributed by atoms with Crippen molar-refractivity contribution >= 4 is 40.6 Å². The van der Waals surface area contributed by atoms with Crippen molar-refractivity contribution in [3.8, 4) is 16.2 Å². The largest absolute Gasteiger partial charge is 0.480 e. The number of anilines is 1. The summed E-state index contributed by atoms with van der Waals surface area (Å²) in [5, 5.41) is 22.3. The van der Waals surface area contributed by atoms with Crippen LogP contribution in [-0.2, 0) is 11.3 Å². The monoisotopic (exact) mass is 431 g/mol. The van der Waals surface area contributed by atoms with Crippen LogP contribution >= 0.6 is 22.9 Å². The number of rotatable bonds is 8. The van der Waals surface area contributed by atoms with Gasteiger partial charge in [-0.3, -0.25) is 0 Å². The Balaban J connectivity index is 1.85. The lowest BCUT2D eigenvalue weighted by Gasteiger charge is -2.09. The number of nitrogens with one attached hydrogen (secondary N) is 1. The molecule has 0 bridgehead atoms. The molecular formula is C21H18ClNO5S. The minimum absolute atomic E-state index is 0.0155. The minimum atomic E-state index is -1.16. The Hall–Kier alpha value is -3.03. The van der Waals surface area contributed by atoms with Crippen molar-refractivity contribution in [3.63, 3.8) is 0 Å². The number of benzene rings is 2. The van der Waals surface area contributed by atoms with E-state index in [-0.39, 0.29) is 10.6 Å². The van der Waals surface area contributed by atoms with Crippen molar-refractivity contribution in [2.75, 3.05) is 11.9 Å². The molecule has 1 aromatic heterocycles. The van der Waals surface area contributed by atoms with Crippen molar-refractivity contribution in [2.24, 2.45) is 0 Å². The van der Waals surface area contributed by atoms with Gasteiger partial charge in [0.25, 0.3) is 0 Å². The van der Waals surface area contributed by atoms with Crippen LogP contribution in [0.15, 0.2) is 48.5 Å². The van der Waals surface area contributed by atoms with Gasteiger partial charge in [0.15, 0.2) is 11.5 Å². The van der Waals surface area contributed by atoms with Crippen LogP contribution in [0.25, 0.3) is 10.4 Å². The summed E-state index contributed by atoms with van der Waals surface area (Å²) >= 11 is 6.97. The van der Waals surface area contributed by atoms with E-state index < -0.39 is 18.5 Å².